The molecule has 0 radical (unpaired) electrons. The SMILES string of the molecule is N#Cc1ccc(/C=N/Nc2cccc(C(=O)O)c2)cc1. The Morgan fingerprint density at radius 3 is 2.65 bits per heavy atom. The number of rotatable bonds is 4. The van der Waals surface area contributed by atoms with Gasteiger partial charge in [0.05, 0.1) is 29.1 Å². The molecule has 0 amide bonds. The molecule has 0 unspecified atom stereocenters. The lowest BCUT2D eigenvalue weighted by atomic mass is 10.2. The van der Waals surface area contributed by atoms with Gasteiger partial charge in [-0.2, -0.15) is 10.4 Å². The zero-order chi connectivity index (χ0) is 14.4. The first kappa shape index (κ1) is 13.3. The van der Waals surface area contributed by atoms with E-state index in [-0.39, 0.29) is 5.56 Å². The molecular formula is C15H11N3O2. The molecule has 5 nitrogen and oxygen atoms in total. The molecule has 0 bridgehead atoms. The number of benzene rings is 2. The molecule has 2 aromatic carbocycles. The van der Waals surface area contributed by atoms with E-state index in [1.54, 1.807) is 42.6 Å². The van der Waals surface area contributed by atoms with Crippen LogP contribution in [0.2, 0.25) is 0 Å². The summed E-state index contributed by atoms with van der Waals surface area (Å²) >= 11 is 0. The highest BCUT2D eigenvalue weighted by Crippen LogP contribution is 2.10. The van der Waals surface area contributed by atoms with E-state index < -0.39 is 5.97 Å². The van der Waals surface area contributed by atoms with Gasteiger partial charge in [0.2, 0.25) is 0 Å². The van der Waals surface area contributed by atoms with Gasteiger partial charge in [-0.15, -0.1) is 0 Å². The number of anilines is 1. The molecule has 0 aromatic heterocycles. The predicted molar refractivity (Wildman–Crippen MR) is 75.8 cm³/mol. The van der Waals surface area contributed by atoms with Crippen molar-refractivity contribution in [1.82, 2.24) is 0 Å². The van der Waals surface area contributed by atoms with E-state index in [1.807, 2.05) is 6.07 Å². The highest BCUT2D eigenvalue weighted by atomic mass is 16.4. The smallest absolute Gasteiger partial charge is 0.335 e. The standard InChI is InChI=1S/C15H11N3O2/c16-9-11-4-6-12(7-5-11)10-17-18-14-3-1-2-13(8-14)15(19)20/h1-8,10,18H,(H,19,20)/b17-10+. The lowest BCUT2D eigenvalue weighted by molar-refractivity contribution is 0.0697. The van der Waals surface area contributed by atoms with E-state index in [0.717, 1.165) is 5.56 Å². The molecule has 0 fully saturated rings. The third-order valence-electron chi connectivity index (χ3n) is 2.56. The van der Waals surface area contributed by atoms with Crippen molar-refractivity contribution in [2.45, 2.75) is 0 Å². The molecule has 0 atom stereocenters. The molecule has 0 aliphatic carbocycles. The number of nitrogens with zero attached hydrogens (tertiary/aromatic N) is 2. The second-order valence-electron chi connectivity index (χ2n) is 3.99. The van der Waals surface area contributed by atoms with Crippen LogP contribution in [0.25, 0.3) is 0 Å². The van der Waals surface area contributed by atoms with Crippen LogP contribution in [0.5, 0.6) is 0 Å². The average Bonchev–Trinajstić information content (AvgIpc) is 2.48. The number of nitrogens with one attached hydrogen (secondary N) is 1. The molecular weight excluding hydrogens is 254 g/mol. The van der Waals surface area contributed by atoms with Crippen LogP contribution in [-0.4, -0.2) is 17.3 Å². The maximum atomic E-state index is 10.8. The monoisotopic (exact) mass is 265 g/mol. The van der Waals surface area contributed by atoms with Gasteiger partial charge < -0.3 is 5.11 Å². The number of hydrogen-bond acceptors (Lipinski definition) is 4. The molecule has 0 aliphatic heterocycles. The number of carboxylic acid groups (broad SMARTS) is 1. The van der Waals surface area contributed by atoms with Gasteiger partial charge in [0.25, 0.3) is 0 Å². The van der Waals surface area contributed by atoms with Crippen molar-refractivity contribution in [3.8, 4) is 6.07 Å². The summed E-state index contributed by atoms with van der Waals surface area (Å²) < 4.78 is 0. The van der Waals surface area contributed by atoms with Crippen LogP contribution in [0.1, 0.15) is 21.5 Å². The number of carboxylic acids is 1. The Bertz CT molecular complexity index is 685. The summed E-state index contributed by atoms with van der Waals surface area (Å²) in [4.78, 5) is 10.8. The van der Waals surface area contributed by atoms with Gasteiger partial charge in [0.15, 0.2) is 0 Å². The fourth-order valence-electron chi connectivity index (χ4n) is 1.55. The molecule has 2 rings (SSSR count). The normalized spacial score (nSPS) is 10.2. The zero-order valence-corrected chi connectivity index (χ0v) is 10.4. The average molecular weight is 265 g/mol. The van der Waals surface area contributed by atoms with Gasteiger partial charge in [-0.3, -0.25) is 5.43 Å². The summed E-state index contributed by atoms with van der Waals surface area (Å²) in [5.41, 5.74) is 4.97. The first-order chi connectivity index (χ1) is 9.69. The molecule has 0 spiro atoms. The second-order valence-corrected chi connectivity index (χ2v) is 3.99. The molecule has 2 aromatic rings. The van der Waals surface area contributed by atoms with Crippen LogP contribution >= 0.6 is 0 Å². The highest BCUT2D eigenvalue weighted by molar-refractivity contribution is 5.88. The fourth-order valence-corrected chi connectivity index (χ4v) is 1.55. The van der Waals surface area contributed by atoms with E-state index >= 15 is 0 Å². The lowest BCUT2D eigenvalue weighted by Gasteiger charge is -2.01. The number of carbonyl (C=O) groups is 1. The van der Waals surface area contributed by atoms with Crippen molar-refractivity contribution in [3.63, 3.8) is 0 Å². The Morgan fingerprint density at radius 2 is 2.00 bits per heavy atom. The third kappa shape index (κ3) is 3.43. The Morgan fingerprint density at radius 1 is 1.25 bits per heavy atom. The van der Waals surface area contributed by atoms with E-state index in [1.165, 1.54) is 12.1 Å². The van der Waals surface area contributed by atoms with E-state index in [2.05, 4.69) is 10.5 Å². The van der Waals surface area contributed by atoms with Crippen LogP contribution in [0.15, 0.2) is 53.6 Å². The molecule has 0 saturated heterocycles. The summed E-state index contributed by atoms with van der Waals surface area (Å²) in [7, 11) is 0. The van der Waals surface area contributed by atoms with Crippen molar-refractivity contribution in [2.24, 2.45) is 5.10 Å². The minimum absolute atomic E-state index is 0.198. The van der Waals surface area contributed by atoms with Crippen molar-refractivity contribution >= 4 is 17.9 Å². The topological polar surface area (TPSA) is 85.5 Å². The van der Waals surface area contributed by atoms with Crippen molar-refractivity contribution < 1.29 is 9.90 Å². The van der Waals surface area contributed by atoms with Crippen molar-refractivity contribution in [3.05, 3.63) is 65.2 Å². The summed E-state index contributed by atoms with van der Waals surface area (Å²) in [6, 6.07) is 15.4. The van der Waals surface area contributed by atoms with Gasteiger partial charge in [-0.25, -0.2) is 4.79 Å². The van der Waals surface area contributed by atoms with E-state index in [9.17, 15) is 4.79 Å². The zero-order valence-electron chi connectivity index (χ0n) is 10.4. The molecule has 0 aliphatic rings. The number of aromatic carboxylic acids is 1. The lowest BCUT2D eigenvalue weighted by Crippen LogP contribution is -1.97. The van der Waals surface area contributed by atoms with Gasteiger partial charge in [0, 0.05) is 0 Å². The minimum atomic E-state index is -0.982. The second kappa shape index (κ2) is 6.16. The maximum absolute atomic E-state index is 10.8. The summed E-state index contributed by atoms with van der Waals surface area (Å²) in [5, 5.41) is 21.6. The summed E-state index contributed by atoms with van der Waals surface area (Å²) in [6.07, 6.45) is 1.59. The molecule has 20 heavy (non-hydrogen) atoms. The molecule has 5 heteroatoms. The van der Waals surface area contributed by atoms with Crippen molar-refractivity contribution in [1.29, 1.82) is 5.26 Å². The summed E-state index contributed by atoms with van der Waals surface area (Å²) in [6.45, 7) is 0. The number of nitriles is 1. The molecule has 0 saturated carbocycles. The maximum Gasteiger partial charge on any atom is 0.335 e. The summed E-state index contributed by atoms with van der Waals surface area (Å²) in [5.74, 6) is -0.982. The minimum Gasteiger partial charge on any atom is -0.478 e. The Balaban J connectivity index is 2.04. The third-order valence-corrected chi connectivity index (χ3v) is 2.56. The van der Waals surface area contributed by atoms with Gasteiger partial charge in [0.1, 0.15) is 0 Å². The van der Waals surface area contributed by atoms with Crippen LogP contribution < -0.4 is 5.43 Å². The Labute approximate surface area is 115 Å². The van der Waals surface area contributed by atoms with Crippen molar-refractivity contribution in [2.75, 3.05) is 5.43 Å². The number of hydrogen-bond donors (Lipinski definition) is 2. The first-order valence-electron chi connectivity index (χ1n) is 5.81. The quantitative estimate of drug-likeness (QED) is 0.657. The molecule has 0 heterocycles. The number of hydrazone groups is 1. The predicted octanol–water partition coefficient (Wildman–Crippen LogP) is 2.70. The largest absolute Gasteiger partial charge is 0.478 e. The highest BCUT2D eigenvalue weighted by Gasteiger charge is 2.01. The molecule has 98 valence electrons. The molecule has 2 N–H and O–H groups in total. The van der Waals surface area contributed by atoms with E-state index in [4.69, 9.17) is 10.4 Å². The Kier molecular flexibility index (Phi) is 4.10. The van der Waals surface area contributed by atoms with Gasteiger partial charge in [-0.05, 0) is 35.9 Å². The fraction of sp³-hybridized carbons (Fsp3) is 0. The van der Waals surface area contributed by atoms with Crippen LogP contribution in [0.3, 0.4) is 0 Å². The van der Waals surface area contributed by atoms with Gasteiger partial charge >= 0.3 is 5.97 Å². The first-order valence-corrected chi connectivity index (χ1v) is 5.81. The van der Waals surface area contributed by atoms with Crippen LogP contribution in [0.4, 0.5) is 5.69 Å². The van der Waals surface area contributed by atoms with Crippen LogP contribution in [-0.2, 0) is 0 Å². The van der Waals surface area contributed by atoms with Gasteiger partial charge in [-0.1, -0.05) is 18.2 Å². The van der Waals surface area contributed by atoms with E-state index in [0.29, 0.717) is 11.3 Å². The Hall–Kier alpha value is -3.13. The van der Waals surface area contributed by atoms with Crippen LogP contribution in [0, 0.1) is 11.3 Å².